The van der Waals surface area contributed by atoms with E-state index in [0.717, 1.165) is 51.4 Å². The number of aromatic nitrogens is 4. The summed E-state index contributed by atoms with van der Waals surface area (Å²) in [5.41, 5.74) is 3.30. The molecule has 0 saturated heterocycles. The summed E-state index contributed by atoms with van der Waals surface area (Å²) in [5, 5.41) is 17.9. The number of aryl methyl sites for hydroxylation is 3. The van der Waals surface area contributed by atoms with Gasteiger partial charge in [0.25, 0.3) is 0 Å². The highest BCUT2D eigenvalue weighted by molar-refractivity contribution is 7.21. The summed E-state index contributed by atoms with van der Waals surface area (Å²) < 4.78 is 29.4. The lowest BCUT2D eigenvalue weighted by Crippen LogP contribution is -2.30. The van der Waals surface area contributed by atoms with Crippen LogP contribution in [0.25, 0.3) is 20.8 Å². The van der Waals surface area contributed by atoms with Crippen LogP contribution in [-0.4, -0.2) is 36.7 Å². The SMILES string of the molecule is Cc1cc2sc(-c3c(C)nc(NCc4c(F)cccc4F)nc3NC3CCC(C(C)(C)O)C3)nc2c(C)n1. The molecule has 200 valence electrons. The van der Waals surface area contributed by atoms with Crippen molar-refractivity contribution in [2.75, 3.05) is 10.6 Å². The number of pyridine rings is 1. The van der Waals surface area contributed by atoms with E-state index in [2.05, 4.69) is 20.6 Å². The molecule has 0 radical (unpaired) electrons. The molecule has 1 aliphatic carbocycles. The zero-order valence-corrected chi connectivity index (χ0v) is 23.0. The lowest BCUT2D eigenvalue weighted by molar-refractivity contribution is 0.0197. The summed E-state index contributed by atoms with van der Waals surface area (Å²) in [6, 6.07) is 5.93. The molecule has 3 aromatic heterocycles. The molecule has 3 N–H and O–H groups in total. The van der Waals surface area contributed by atoms with Crippen molar-refractivity contribution in [1.82, 2.24) is 19.9 Å². The third-order valence-electron chi connectivity index (χ3n) is 7.24. The van der Waals surface area contributed by atoms with Gasteiger partial charge < -0.3 is 15.7 Å². The topological polar surface area (TPSA) is 95.9 Å². The van der Waals surface area contributed by atoms with Gasteiger partial charge in [0.05, 0.1) is 27.3 Å². The van der Waals surface area contributed by atoms with Gasteiger partial charge >= 0.3 is 0 Å². The molecule has 1 saturated carbocycles. The molecular weight excluding hydrogens is 506 g/mol. The van der Waals surface area contributed by atoms with E-state index in [-0.39, 0.29) is 30.0 Å². The van der Waals surface area contributed by atoms with Gasteiger partial charge in [-0.2, -0.15) is 4.98 Å². The molecule has 0 spiro atoms. The summed E-state index contributed by atoms with van der Waals surface area (Å²) in [7, 11) is 0. The quantitative estimate of drug-likeness (QED) is 0.254. The van der Waals surface area contributed by atoms with Crippen molar-refractivity contribution in [3.63, 3.8) is 0 Å². The van der Waals surface area contributed by atoms with Crippen LogP contribution in [0, 0.1) is 38.3 Å². The molecule has 3 heterocycles. The summed E-state index contributed by atoms with van der Waals surface area (Å²) in [6.45, 7) is 9.41. The number of aliphatic hydroxyl groups is 1. The second-order valence-electron chi connectivity index (χ2n) is 10.6. The molecule has 10 heteroatoms. The third kappa shape index (κ3) is 5.33. The lowest BCUT2D eigenvalue weighted by Gasteiger charge is -2.25. The minimum Gasteiger partial charge on any atom is -0.390 e. The Kier molecular flexibility index (Phi) is 7.04. The van der Waals surface area contributed by atoms with Gasteiger partial charge in [0.15, 0.2) is 0 Å². The Morgan fingerprint density at radius 1 is 1.03 bits per heavy atom. The molecule has 0 aliphatic heterocycles. The maximum absolute atomic E-state index is 14.2. The molecule has 7 nitrogen and oxygen atoms in total. The summed E-state index contributed by atoms with van der Waals surface area (Å²) in [5.74, 6) is -0.199. The molecule has 0 amide bonds. The van der Waals surface area contributed by atoms with Crippen LogP contribution in [0.2, 0.25) is 0 Å². The fourth-order valence-corrected chi connectivity index (χ4v) is 6.38. The fourth-order valence-electron chi connectivity index (χ4n) is 5.16. The molecule has 0 bridgehead atoms. The minimum atomic E-state index is -0.757. The number of hydrogen-bond acceptors (Lipinski definition) is 8. The van der Waals surface area contributed by atoms with Crippen molar-refractivity contribution in [2.45, 2.75) is 72.1 Å². The second kappa shape index (κ2) is 10.1. The number of halogens is 2. The van der Waals surface area contributed by atoms with E-state index in [1.165, 1.54) is 18.2 Å². The first-order chi connectivity index (χ1) is 18.0. The molecule has 1 aliphatic rings. The maximum atomic E-state index is 14.2. The monoisotopic (exact) mass is 538 g/mol. The van der Waals surface area contributed by atoms with Gasteiger partial charge in [0.1, 0.15) is 28.0 Å². The molecular formula is C28H32F2N6OS. The van der Waals surface area contributed by atoms with Crippen LogP contribution in [0.5, 0.6) is 0 Å². The number of benzene rings is 1. The fraction of sp³-hybridized carbons (Fsp3) is 0.429. The second-order valence-corrected chi connectivity index (χ2v) is 11.7. The molecule has 38 heavy (non-hydrogen) atoms. The number of hydrogen-bond donors (Lipinski definition) is 3. The minimum absolute atomic E-state index is 0.0688. The van der Waals surface area contributed by atoms with E-state index in [0.29, 0.717) is 11.5 Å². The van der Waals surface area contributed by atoms with Crippen molar-refractivity contribution in [3.05, 3.63) is 58.5 Å². The van der Waals surface area contributed by atoms with Crippen LogP contribution < -0.4 is 10.6 Å². The summed E-state index contributed by atoms with van der Waals surface area (Å²) in [6.07, 6.45) is 2.60. The molecule has 2 unspecified atom stereocenters. The van der Waals surface area contributed by atoms with Crippen LogP contribution >= 0.6 is 11.3 Å². The molecule has 1 fully saturated rings. The van der Waals surface area contributed by atoms with E-state index in [1.807, 2.05) is 40.7 Å². The third-order valence-corrected chi connectivity index (χ3v) is 8.26. The van der Waals surface area contributed by atoms with Gasteiger partial charge in [-0.25, -0.2) is 18.7 Å². The zero-order valence-electron chi connectivity index (χ0n) is 22.2. The maximum Gasteiger partial charge on any atom is 0.225 e. The molecule has 5 rings (SSSR count). The van der Waals surface area contributed by atoms with Crippen LogP contribution in [0.1, 0.15) is 55.8 Å². The first-order valence-electron chi connectivity index (χ1n) is 12.8. The first-order valence-corrected chi connectivity index (χ1v) is 13.6. The Labute approximate surface area is 224 Å². The number of anilines is 2. The van der Waals surface area contributed by atoms with Crippen molar-refractivity contribution in [2.24, 2.45) is 5.92 Å². The van der Waals surface area contributed by atoms with Crippen LogP contribution in [-0.2, 0) is 6.54 Å². The Morgan fingerprint density at radius 3 is 2.45 bits per heavy atom. The number of nitrogens with one attached hydrogen (secondary N) is 2. The van der Waals surface area contributed by atoms with Crippen LogP contribution in [0.4, 0.5) is 20.5 Å². The highest BCUT2D eigenvalue weighted by Gasteiger charge is 2.35. The number of fused-ring (bicyclic) bond motifs is 1. The Bertz CT molecular complexity index is 1480. The number of rotatable bonds is 7. The van der Waals surface area contributed by atoms with E-state index in [9.17, 15) is 13.9 Å². The normalized spacial score (nSPS) is 17.8. The molecule has 4 aromatic rings. The summed E-state index contributed by atoms with van der Waals surface area (Å²) in [4.78, 5) is 18.8. The largest absolute Gasteiger partial charge is 0.390 e. The lowest BCUT2D eigenvalue weighted by atomic mass is 9.89. The van der Waals surface area contributed by atoms with E-state index >= 15 is 0 Å². The van der Waals surface area contributed by atoms with Gasteiger partial charge in [-0.3, -0.25) is 4.98 Å². The average Bonchev–Trinajstić information content (AvgIpc) is 3.46. The number of nitrogens with zero attached hydrogens (tertiary/aromatic N) is 4. The Balaban J connectivity index is 1.52. The van der Waals surface area contributed by atoms with Crippen LogP contribution in [0.3, 0.4) is 0 Å². The zero-order chi connectivity index (χ0) is 27.2. The standard InChI is InChI=1S/C28H32F2N6OS/c1-14-11-22-24(16(3)32-14)35-26(38-22)23-15(2)33-27(31-13-19-20(29)7-6-8-21(19)30)36-25(23)34-18-10-9-17(12-18)28(4,5)37/h6-8,11,17-18,37H,9-10,12-13H2,1-5H3,(H2,31,33,34,36). The Morgan fingerprint density at radius 2 is 1.76 bits per heavy atom. The average molecular weight is 539 g/mol. The van der Waals surface area contributed by atoms with Crippen molar-refractivity contribution < 1.29 is 13.9 Å². The molecule has 2 atom stereocenters. The van der Waals surface area contributed by atoms with E-state index in [4.69, 9.17) is 9.97 Å². The van der Waals surface area contributed by atoms with Gasteiger partial charge in [-0.05, 0) is 78.0 Å². The van der Waals surface area contributed by atoms with Gasteiger partial charge in [-0.15, -0.1) is 11.3 Å². The van der Waals surface area contributed by atoms with Gasteiger partial charge in [0.2, 0.25) is 5.95 Å². The smallest absolute Gasteiger partial charge is 0.225 e. The highest BCUT2D eigenvalue weighted by atomic mass is 32.1. The summed E-state index contributed by atoms with van der Waals surface area (Å²) >= 11 is 1.56. The highest BCUT2D eigenvalue weighted by Crippen LogP contribution is 2.40. The van der Waals surface area contributed by atoms with Crippen molar-refractivity contribution in [3.8, 4) is 10.6 Å². The van der Waals surface area contributed by atoms with Gasteiger partial charge in [-0.1, -0.05) is 6.07 Å². The van der Waals surface area contributed by atoms with Crippen LogP contribution in [0.15, 0.2) is 24.3 Å². The van der Waals surface area contributed by atoms with E-state index < -0.39 is 17.2 Å². The number of thiazole rings is 1. The predicted octanol–water partition coefficient (Wildman–Crippen LogP) is 6.32. The van der Waals surface area contributed by atoms with E-state index in [1.54, 1.807) is 11.3 Å². The first kappa shape index (κ1) is 26.4. The van der Waals surface area contributed by atoms with Crippen molar-refractivity contribution in [1.29, 1.82) is 0 Å². The van der Waals surface area contributed by atoms with Gasteiger partial charge in [0, 0.05) is 23.8 Å². The van der Waals surface area contributed by atoms with Crippen molar-refractivity contribution >= 4 is 33.3 Å². The Hall–Kier alpha value is -3.24. The predicted molar refractivity (Wildman–Crippen MR) is 147 cm³/mol. The molecule has 1 aromatic carbocycles.